The number of pyridine rings is 1. The Morgan fingerprint density at radius 2 is 1.72 bits per heavy atom. The van der Waals surface area contributed by atoms with Crippen LogP contribution < -0.4 is 5.32 Å². The minimum atomic E-state index is -0.456. The molecular weight excluding hydrogens is 362 g/mol. The summed E-state index contributed by atoms with van der Waals surface area (Å²) in [6.45, 7) is 0. The Bertz CT molecular complexity index is 1150. The van der Waals surface area contributed by atoms with Gasteiger partial charge >= 0.3 is 0 Å². The zero-order valence-corrected chi connectivity index (χ0v) is 16.0. The van der Waals surface area contributed by atoms with E-state index in [2.05, 4.69) is 27.4 Å². The quantitative estimate of drug-likeness (QED) is 0.516. The number of rotatable bonds is 4. The van der Waals surface area contributed by atoms with Gasteiger partial charge < -0.3 is 9.73 Å². The van der Waals surface area contributed by atoms with Crippen molar-refractivity contribution in [3.63, 3.8) is 0 Å². The first kappa shape index (κ1) is 17.6. The van der Waals surface area contributed by atoms with Gasteiger partial charge in [-0.1, -0.05) is 43.2 Å². The Morgan fingerprint density at radius 3 is 2.48 bits per heavy atom. The lowest BCUT2D eigenvalue weighted by Gasteiger charge is -2.28. The first-order valence-corrected chi connectivity index (χ1v) is 9.93. The van der Waals surface area contributed by atoms with Crippen molar-refractivity contribution in [2.75, 3.05) is 5.32 Å². The van der Waals surface area contributed by atoms with E-state index in [1.165, 1.54) is 0 Å². The zero-order valence-electron chi connectivity index (χ0n) is 16.0. The van der Waals surface area contributed by atoms with Crippen molar-refractivity contribution in [2.24, 2.45) is 0 Å². The van der Waals surface area contributed by atoms with Gasteiger partial charge in [-0.2, -0.15) is 0 Å². The van der Waals surface area contributed by atoms with Gasteiger partial charge in [-0.3, -0.25) is 9.78 Å². The molecular formula is C24H21N3O2. The van der Waals surface area contributed by atoms with Crippen LogP contribution in [0, 0.1) is 0 Å². The highest BCUT2D eigenvalue weighted by Gasteiger charge is 2.42. The number of carbonyl (C=O) groups excluding carboxylic acids is 1. The van der Waals surface area contributed by atoms with Crippen LogP contribution in [0.25, 0.3) is 22.6 Å². The average Bonchev–Trinajstić information content (AvgIpc) is 3.43. The summed E-state index contributed by atoms with van der Waals surface area (Å²) >= 11 is 0. The van der Waals surface area contributed by atoms with Crippen LogP contribution in [0.15, 0.2) is 77.5 Å². The number of hydrogen-bond donors (Lipinski definition) is 1. The molecule has 1 amide bonds. The Morgan fingerprint density at radius 1 is 0.966 bits per heavy atom. The Hall–Kier alpha value is -3.47. The summed E-state index contributed by atoms with van der Waals surface area (Å²) in [4.78, 5) is 21.9. The van der Waals surface area contributed by atoms with Crippen molar-refractivity contribution in [1.29, 1.82) is 0 Å². The van der Waals surface area contributed by atoms with Crippen LogP contribution >= 0.6 is 0 Å². The van der Waals surface area contributed by atoms with Crippen LogP contribution in [0.3, 0.4) is 0 Å². The smallest absolute Gasteiger partial charge is 0.235 e. The molecule has 0 aliphatic heterocycles. The number of aromatic nitrogens is 2. The van der Waals surface area contributed by atoms with Crippen LogP contribution in [-0.4, -0.2) is 15.9 Å². The van der Waals surface area contributed by atoms with E-state index in [0.29, 0.717) is 11.5 Å². The van der Waals surface area contributed by atoms with Gasteiger partial charge in [-0.15, -0.1) is 0 Å². The van der Waals surface area contributed by atoms with E-state index in [1.54, 1.807) is 12.4 Å². The predicted octanol–water partition coefficient (Wildman–Crippen LogP) is 5.34. The lowest BCUT2D eigenvalue weighted by atomic mass is 9.78. The molecule has 0 radical (unpaired) electrons. The van der Waals surface area contributed by atoms with Gasteiger partial charge in [-0.05, 0) is 48.7 Å². The molecule has 2 heterocycles. The number of amides is 1. The summed E-state index contributed by atoms with van der Waals surface area (Å²) in [7, 11) is 0. The fourth-order valence-corrected chi connectivity index (χ4v) is 4.26. The number of nitrogens with zero attached hydrogens (tertiary/aromatic N) is 2. The maximum atomic E-state index is 13.3. The predicted molar refractivity (Wildman–Crippen MR) is 112 cm³/mol. The summed E-state index contributed by atoms with van der Waals surface area (Å²) in [5, 5.41) is 3.13. The minimum Gasteiger partial charge on any atom is -0.436 e. The maximum absolute atomic E-state index is 13.3. The number of carbonyl (C=O) groups is 1. The topological polar surface area (TPSA) is 68.0 Å². The lowest BCUT2D eigenvalue weighted by Crippen LogP contribution is -2.37. The molecule has 0 atom stereocenters. The standard InChI is InChI=1S/C24H21N3O2/c28-23(24(12-4-5-13-24)18-6-2-1-3-7-18)26-19-8-9-21-20(16-19)27-22(29-21)17-10-14-25-15-11-17/h1-3,6-11,14-16H,4-5,12-13H2,(H,26,28). The van der Waals surface area contributed by atoms with Crippen LogP contribution in [0.5, 0.6) is 0 Å². The summed E-state index contributed by atoms with van der Waals surface area (Å²) in [5.74, 6) is 0.598. The lowest BCUT2D eigenvalue weighted by molar-refractivity contribution is -0.121. The molecule has 0 saturated heterocycles. The highest BCUT2D eigenvalue weighted by atomic mass is 16.3. The molecule has 1 saturated carbocycles. The zero-order chi connectivity index (χ0) is 19.7. The summed E-state index contributed by atoms with van der Waals surface area (Å²) in [5.41, 5.74) is 3.65. The third-order valence-corrected chi connectivity index (χ3v) is 5.79. The van der Waals surface area contributed by atoms with Crippen molar-refractivity contribution in [2.45, 2.75) is 31.1 Å². The van der Waals surface area contributed by atoms with E-state index in [0.717, 1.165) is 48.0 Å². The van der Waals surface area contributed by atoms with Crippen LogP contribution in [0.2, 0.25) is 0 Å². The van der Waals surface area contributed by atoms with Crippen LogP contribution in [-0.2, 0) is 10.2 Å². The van der Waals surface area contributed by atoms with E-state index < -0.39 is 5.41 Å². The van der Waals surface area contributed by atoms with Gasteiger partial charge in [0, 0.05) is 23.6 Å². The Balaban J connectivity index is 1.44. The van der Waals surface area contributed by atoms with E-state index in [-0.39, 0.29) is 5.91 Å². The maximum Gasteiger partial charge on any atom is 0.235 e. The highest BCUT2D eigenvalue weighted by Crippen LogP contribution is 2.42. The SMILES string of the molecule is O=C(Nc1ccc2oc(-c3ccncc3)nc2c1)C1(c2ccccc2)CCCC1. The van der Waals surface area contributed by atoms with E-state index in [4.69, 9.17) is 4.42 Å². The summed E-state index contributed by atoms with van der Waals surface area (Å²) in [6, 6.07) is 19.4. The molecule has 0 bridgehead atoms. The first-order valence-electron chi connectivity index (χ1n) is 9.93. The fraction of sp³-hybridized carbons (Fsp3) is 0.208. The number of fused-ring (bicyclic) bond motifs is 1. The van der Waals surface area contributed by atoms with Gasteiger partial charge in [-0.25, -0.2) is 4.98 Å². The normalized spacial score (nSPS) is 15.4. The third kappa shape index (κ3) is 3.18. The number of oxazole rings is 1. The molecule has 5 heteroatoms. The van der Waals surface area contributed by atoms with Crippen molar-refractivity contribution in [3.05, 3.63) is 78.6 Å². The Labute approximate surface area is 168 Å². The van der Waals surface area contributed by atoms with Gasteiger partial charge in [0.1, 0.15) is 5.52 Å². The monoisotopic (exact) mass is 383 g/mol. The van der Waals surface area contributed by atoms with Gasteiger partial charge in [0.25, 0.3) is 0 Å². The van der Waals surface area contributed by atoms with E-state index in [9.17, 15) is 4.79 Å². The molecule has 2 aromatic carbocycles. The highest BCUT2D eigenvalue weighted by molar-refractivity contribution is 6.00. The molecule has 1 aliphatic rings. The number of hydrogen-bond acceptors (Lipinski definition) is 4. The average molecular weight is 383 g/mol. The summed E-state index contributed by atoms with van der Waals surface area (Å²) in [6.07, 6.45) is 7.31. The molecule has 29 heavy (non-hydrogen) atoms. The van der Waals surface area contributed by atoms with Crippen LogP contribution in [0.1, 0.15) is 31.2 Å². The molecule has 5 rings (SSSR count). The molecule has 4 aromatic rings. The fourth-order valence-electron chi connectivity index (χ4n) is 4.26. The molecule has 0 unspecified atom stereocenters. The molecule has 1 N–H and O–H groups in total. The van der Waals surface area contributed by atoms with Crippen molar-refractivity contribution in [3.8, 4) is 11.5 Å². The van der Waals surface area contributed by atoms with Crippen molar-refractivity contribution in [1.82, 2.24) is 9.97 Å². The minimum absolute atomic E-state index is 0.0541. The third-order valence-electron chi connectivity index (χ3n) is 5.79. The van der Waals surface area contributed by atoms with E-state index >= 15 is 0 Å². The van der Waals surface area contributed by atoms with Gasteiger partial charge in [0.2, 0.25) is 11.8 Å². The Kier molecular flexibility index (Phi) is 4.35. The number of benzene rings is 2. The number of anilines is 1. The number of nitrogens with one attached hydrogen (secondary N) is 1. The largest absolute Gasteiger partial charge is 0.436 e. The second-order valence-corrected chi connectivity index (χ2v) is 7.55. The molecule has 0 spiro atoms. The van der Waals surface area contributed by atoms with Crippen molar-refractivity contribution >= 4 is 22.7 Å². The second-order valence-electron chi connectivity index (χ2n) is 7.55. The molecule has 144 valence electrons. The summed E-state index contributed by atoms with van der Waals surface area (Å²) < 4.78 is 5.85. The van der Waals surface area contributed by atoms with E-state index in [1.807, 2.05) is 48.5 Å². The first-order chi connectivity index (χ1) is 14.2. The second kappa shape index (κ2) is 7.17. The molecule has 5 nitrogen and oxygen atoms in total. The molecule has 1 fully saturated rings. The molecule has 2 aromatic heterocycles. The van der Waals surface area contributed by atoms with Gasteiger partial charge in [0.05, 0.1) is 5.41 Å². The van der Waals surface area contributed by atoms with Crippen LogP contribution in [0.4, 0.5) is 5.69 Å². The van der Waals surface area contributed by atoms with Crippen molar-refractivity contribution < 1.29 is 9.21 Å². The molecule has 1 aliphatic carbocycles. The van der Waals surface area contributed by atoms with Gasteiger partial charge in [0.15, 0.2) is 5.58 Å².